The van der Waals surface area contributed by atoms with Crippen molar-refractivity contribution in [3.05, 3.63) is 117 Å². The fourth-order valence-corrected chi connectivity index (χ4v) is 2.97. The molecular formula is C24H16N2O6. The van der Waals surface area contributed by atoms with Crippen LogP contribution in [-0.4, -0.2) is 9.85 Å². The number of rotatable bonds is 7. The van der Waals surface area contributed by atoms with Crippen molar-refractivity contribution >= 4 is 11.4 Å². The van der Waals surface area contributed by atoms with Gasteiger partial charge < -0.3 is 9.47 Å². The second-order valence-electron chi connectivity index (χ2n) is 6.75. The van der Waals surface area contributed by atoms with Gasteiger partial charge in [-0.05, 0) is 59.7 Å². The minimum Gasteiger partial charge on any atom is -0.457 e. The molecule has 0 bridgehead atoms. The fraction of sp³-hybridized carbons (Fsp3) is 0. The first-order valence-electron chi connectivity index (χ1n) is 9.53. The molecule has 0 aromatic heterocycles. The van der Waals surface area contributed by atoms with Crippen LogP contribution >= 0.6 is 0 Å². The highest BCUT2D eigenvalue weighted by Gasteiger charge is 2.07. The van der Waals surface area contributed by atoms with E-state index in [2.05, 4.69) is 0 Å². The maximum absolute atomic E-state index is 10.7. The summed E-state index contributed by atoms with van der Waals surface area (Å²) in [5, 5.41) is 21.4. The lowest BCUT2D eigenvalue weighted by Crippen LogP contribution is -1.89. The molecule has 0 fully saturated rings. The van der Waals surface area contributed by atoms with E-state index < -0.39 is 9.85 Å². The molecule has 4 aromatic carbocycles. The number of benzene rings is 4. The zero-order valence-electron chi connectivity index (χ0n) is 16.6. The third-order valence-electron chi connectivity index (χ3n) is 4.61. The normalized spacial score (nSPS) is 10.4. The lowest BCUT2D eigenvalue weighted by Gasteiger charge is -2.09. The van der Waals surface area contributed by atoms with E-state index in [0.717, 1.165) is 11.1 Å². The number of hydrogen-bond acceptors (Lipinski definition) is 6. The van der Waals surface area contributed by atoms with E-state index in [-0.39, 0.29) is 11.4 Å². The highest BCUT2D eigenvalue weighted by molar-refractivity contribution is 5.65. The summed E-state index contributed by atoms with van der Waals surface area (Å²) < 4.78 is 11.5. The van der Waals surface area contributed by atoms with Gasteiger partial charge in [-0.15, -0.1) is 0 Å². The average molecular weight is 428 g/mol. The molecule has 0 saturated heterocycles. The minimum absolute atomic E-state index is 0.00806. The van der Waals surface area contributed by atoms with Crippen molar-refractivity contribution in [1.82, 2.24) is 0 Å². The van der Waals surface area contributed by atoms with Gasteiger partial charge in [-0.3, -0.25) is 20.2 Å². The van der Waals surface area contributed by atoms with E-state index in [0.29, 0.717) is 23.0 Å². The largest absolute Gasteiger partial charge is 0.457 e. The predicted molar refractivity (Wildman–Crippen MR) is 118 cm³/mol. The van der Waals surface area contributed by atoms with Crippen LogP contribution in [0.2, 0.25) is 0 Å². The summed E-state index contributed by atoms with van der Waals surface area (Å²) in [5.74, 6) is 2.24. The quantitative estimate of drug-likeness (QED) is 0.238. The van der Waals surface area contributed by atoms with E-state index in [1.165, 1.54) is 24.3 Å². The Morgan fingerprint density at radius 1 is 0.438 bits per heavy atom. The molecule has 0 spiro atoms. The Balaban J connectivity index is 1.40. The van der Waals surface area contributed by atoms with Gasteiger partial charge >= 0.3 is 0 Å². The van der Waals surface area contributed by atoms with Gasteiger partial charge in [-0.2, -0.15) is 0 Å². The second kappa shape index (κ2) is 8.97. The topological polar surface area (TPSA) is 105 Å². The number of nitrogens with zero attached hydrogens (tertiary/aromatic N) is 2. The average Bonchev–Trinajstić information content (AvgIpc) is 2.81. The smallest absolute Gasteiger partial charge is 0.269 e. The zero-order chi connectivity index (χ0) is 22.5. The van der Waals surface area contributed by atoms with Crippen LogP contribution in [0.5, 0.6) is 23.0 Å². The molecular weight excluding hydrogens is 412 g/mol. The minimum atomic E-state index is -0.458. The van der Waals surface area contributed by atoms with E-state index in [1.807, 2.05) is 48.5 Å². The highest BCUT2D eigenvalue weighted by Crippen LogP contribution is 2.29. The molecule has 0 atom stereocenters. The molecule has 4 aromatic rings. The summed E-state index contributed by atoms with van der Waals surface area (Å²) in [6.45, 7) is 0. The molecule has 0 radical (unpaired) electrons. The van der Waals surface area contributed by atoms with Gasteiger partial charge in [0.1, 0.15) is 23.0 Å². The van der Waals surface area contributed by atoms with Crippen molar-refractivity contribution in [1.29, 1.82) is 0 Å². The van der Waals surface area contributed by atoms with Gasteiger partial charge in [0.2, 0.25) is 0 Å². The van der Waals surface area contributed by atoms with Gasteiger partial charge in [0.15, 0.2) is 0 Å². The summed E-state index contributed by atoms with van der Waals surface area (Å²) in [6, 6.07) is 26.7. The molecule has 0 aliphatic carbocycles. The Morgan fingerprint density at radius 3 is 0.938 bits per heavy atom. The van der Waals surface area contributed by atoms with Crippen molar-refractivity contribution in [2.45, 2.75) is 0 Å². The van der Waals surface area contributed by atoms with Crippen LogP contribution in [0.25, 0.3) is 11.1 Å². The molecule has 4 rings (SSSR count). The number of non-ortho nitro benzene ring substituents is 2. The van der Waals surface area contributed by atoms with E-state index in [1.54, 1.807) is 24.3 Å². The van der Waals surface area contributed by atoms with Crippen LogP contribution in [-0.2, 0) is 0 Å². The number of nitro groups is 2. The maximum atomic E-state index is 10.7. The Bertz CT molecular complexity index is 1130. The number of nitro benzene ring substituents is 2. The van der Waals surface area contributed by atoms with Crippen LogP contribution in [0.4, 0.5) is 11.4 Å². The van der Waals surface area contributed by atoms with Crippen molar-refractivity contribution in [2.75, 3.05) is 0 Å². The third-order valence-corrected chi connectivity index (χ3v) is 4.61. The maximum Gasteiger partial charge on any atom is 0.269 e. The standard InChI is InChI=1S/C24H16N2O6/c27-25(28)19-5-13-23(14-6-19)31-21-9-1-17(2-10-21)18-3-11-22(12-4-18)32-24-15-7-20(8-16-24)26(29)30/h1-16H. The van der Waals surface area contributed by atoms with E-state index in [9.17, 15) is 20.2 Å². The summed E-state index contributed by atoms with van der Waals surface area (Å²) >= 11 is 0. The molecule has 0 aliphatic heterocycles. The van der Waals surface area contributed by atoms with Gasteiger partial charge in [0.05, 0.1) is 9.85 Å². The second-order valence-corrected chi connectivity index (χ2v) is 6.75. The molecule has 0 amide bonds. The molecule has 8 nitrogen and oxygen atoms in total. The molecule has 0 heterocycles. The third kappa shape index (κ3) is 4.88. The molecule has 32 heavy (non-hydrogen) atoms. The van der Waals surface area contributed by atoms with Crippen molar-refractivity contribution < 1.29 is 19.3 Å². The van der Waals surface area contributed by atoms with Crippen LogP contribution in [0.15, 0.2) is 97.1 Å². The van der Waals surface area contributed by atoms with Crippen molar-refractivity contribution in [3.8, 4) is 34.1 Å². The Morgan fingerprint density at radius 2 is 0.688 bits per heavy atom. The molecule has 0 aliphatic rings. The van der Waals surface area contributed by atoms with Gasteiger partial charge in [0.25, 0.3) is 11.4 Å². The summed E-state index contributed by atoms with van der Waals surface area (Å²) in [4.78, 5) is 20.5. The SMILES string of the molecule is O=[N+]([O-])c1ccc(Oc2ccc(-c3ccc(Oc4ccc([N+](=O)[O-])cc4)cc3)cc2)cc1. The zero-order valence-corrected chi connectivity index (χ0v) is 16.6. The van der Waals surface area contributed by atoms with Gasteiger partial charge in [-0.1, -0.05) is 24.3 Å². The van der Waals surface area contributed by atoms with E-state index >= 15 is 0 Å². The fourth-order valence-electron chi connectivity index (χ4n) is 2.97. The number of hydrogen-bond donors (Lipinski definition) is 0. The Labute approximate surface area is 182 Å². The van der Waals surface area contributed by atoms with Crippen LogP contribution in [0.1, 0.15) is 0 Å². The Kier molecular flexibility index (Phi) is 5.76. The lowest BCUT2D eigenvalue weighted by atomic mass is 10.1. The van der Waals surface area contributed by atoms with Gasteiger partial charge in [0, 0.05) is 24.3 Å². The first kappa shape index (κ1) is 20.5. The van der Waals surface area contributed by atoms with Crippen LogP contribution < -0.4 is 9.47 Å². The van der Waals surface area contributed by atoms with Crippen molar-refractivity contribution in [2.24, 2.45) is 0 Å². The highest BCUT2D eigenvalue weighted by atomic mass is 16.6. The molecule has 158 valence electrons. The lowest BCUT2D eigenvalue weighted by molar-refractivity contribution is -0.385. The number of ether oxygens (including phenoxy) is 2. The van der Waals surface area contributed by atoms with Crippen LogP contribution in [0, 0.1) is 20.2 Å². The molecule has 0 N–H and O–H groups in total. The molecule has 0 unspecified atom stereocenters. The van der Waals surface area contributed by atoms with Gasteiger partial charge in [-0.25, -0.2) is 0 Å². The first-order valence-corrected chi connectivity index (χ1v) is 9.53. The van der Waals surface area contributed by atoms with Crippen LogP contribution in [0.3, 0.4) is 0 Å². The summed E-state index contributed by atoms with van der Waals surface area (Å²) in [5.41, 5.74) is 1.97. The molecule has 0 saturated carbocycles. The predicted octanol–water partition coefficient (Wildman–Crippen LogP) is 6.75. The monoisotopic (exact) mass is 428 g/mol. The Hall–Kier alpha value is -4.72. The first-order chi connectivity index (χ1) is 15.5. The summed E-state index contributed by atoms with van der Waals surface area (Å²) in [6.07, 6.45) is 0. The molecule has 8 heteroatoms. The van der Waals surface area contributed by atoms with Crippen molar-refractivity contribution in [3.63, 3.8) is 0 Å². The summed E-state index contributed by atoms with van der Waals surface area (Å²) in [7, 11) is 0. The van der Waals surface area contributed by atoms with E-state index in [4.69, 9.17) is 9.47 Å².